The molecule has 1 aliphatic carbocycles. The Hall–Kier alpha value is -0.150. The van der Waals surface area contributed by atoms with Crippen LogP contribution >= 0.6 is 0 Å². The molecule has 0 aromatic heterocycles. The van der Waals surface area contributed by atoms with Crippen LogP contribution in [0.1, 0.15) is 72.1 Å². The highest BCUT2D eigenvalue weighted by Crippen LogP contribution is 2.35. The van der Waals surface area contributed by atoms with E-state index < -0.39 is 6.17 Å². The van der Waals surface area contributed by atoms with Gasteiger partial charge >= 0.3 is 0 Å². The van der Waals surface area contributed by atoms with Gasteiger partial charge in [-0.25, -0.2) is 4.39 Å². The lowest BCUT2D eigenvalue weighted by Crippen LogP contribution is -2.40. The van der Waals surface area contributed by atoms with Gasteiger partial charge in [-0.3, -0.25) is 0 Å². The first-order valence-corrected chi connectivity index (χ1v) is 9.47. The molecule has 22 heavy (non-hydrogen) atoms. The molecule has 2 fully saturated rings. The Morgan fingerprint density at radius 3 is 2.50 bits per heavy atom. The van der Waals surface area contributed by atoms with Crippen molar-refractivity contribution in [1.82, 2.24) is 0 Å². The number of alkyl halides is 1. The van der Waals surface area contributed by atoms with Crippen molar-refractivity contribution in [2.45, 2.75) is 84.6 Å². The predicted molar refractivity (Wildman–Crippen MR) is 88.5 cm³/mol. The maximum Gasteiger partial charge on any atom is 0.160 e. The van der Waals surface area contributed by atoms with Crippen LogP contribution in [-0.2, 0) is 9.47 Å². The molecule has 0 amide bonds. The van der Waals surface area contributed by atoms with Crippen LogP contribution in [-0.4, -0.2) is 25.7 Å². The summed E-state index contributed by atoms with van der Waals surface area (Å²) in [5.74, 6) is 1.84. The fourth-order valence-electron chi connectivity index (χ4n) is 3.93. The number of hydrogen-bond donors (Lipinski definition) is 0. The smallest absolute Gasteiger partial charge is 0.160 e. The molecule has 0 bridgehead atoms. The van der Waals surface area contributed by atoms with Crippen molar-refractivity contribution in [1.29, 1.82) is 0 Å². The van der Waals surface area contributed by atoms with Crippen molar-refractivity contribution >= 4 is 0 Å². The van der Waals surface area contributed by atoms with Gasteiger partial charge in [-0.05, 0) is 37.5 Å². The summed E-state index contributed by atoms with van der Waals surface area (Å²) in [4.78, 5) is 0. The summed E-state index contributed by atoms with van der Waals surface area (Å²) < 4.78 is 25.7. The minimum atomic E-state index is -0.677. The summed E-state index contributed by atoms with van der Waals surface area (Å²) in [6, 6.07) is 0. The van der Waals surface area contributed by atoms with Crippen molar-refractivity contribution in [2.24, 2.45) is 23.7 Å². The maximum absolute atomic E-state index is 13.9. The van der Waals surface area contributed by atoms with E-state index in [0.717, 1.165) is 32.0 Å². The lowest BCUT2D eigenvalue weighted by Gasteiger charge is -2.38. The average Bonchev–Trinajstić information content (AvgIpc) is 2.51. The largest absolute Gasteiger partial charge is 0.352 e. The second-order valence-corrected chi connectivity index (χ2v) is 7.79. The summed E-state index contributed by atoms with van der Waals surface area (Å²) >= 11 is 0. The molecule has 2 rings (SSSR count). The Labute approximate surface area is 136 Å². The van der Waals surface area contributed by atoms with Crippen LogP contribution in [0.4, 0.5) is 4.39 Å². The molecule has 2 aliphatic rings. The second kappa shape index (κ2) is 9.22. The molecule has 0 aromatic carbocycles. The molecule has 3 heteroatoms. The Morgan fingerprint density at radius 2 is 1.86 bits per heavy atom. The molecular formula is C19H35FO2. The Balaban J connectivity index is 1.61. The molecule has 1 aliphatic heterocycles. The zero-order chi connectivity index (χ0) is 15.9. The molecular weight excluding hydrogens is 279 g/mol. The molecule has 130 valence electrons. The van der Waals surface area contributed by atoms with Gasteiger partial charge in [0.25, 0.3) is 0 Å². The van der Waals surface area contributed by atoms with Crippen molar-refractivity contribution in [3.63, 3.8) is 0 Å². The molecule has 1 saturated heterocycles. The summed E-state index contributed by atoms with van der Waals surface area (Å²) in [5, 5.41) is 0. The first kappa shape index (κ1) is 18.2. The van der Waals surface area contributed by atoms with Gasteiger partial charge in [-0.1, -0.05) is 46.5 Å². The molecule has 0 N–H and O–H groups in total. The first-order valence-electron chi connectivity index (χ1n) is 9.47. The Bertz CT molecular complexity index is 302. The van der Waals surface area contributed by atoms with Gasteiger partial charge in [0.1, 0.15) is 6.17 Å². The van der Waals surface area contributed by atoms with Gasteiger partial charge in [0.05, 0.1) is 13.2 Å². The molecule has 0 aromatic rings. The molecule has 0 spiro atoms. The lowest BCUT2D eigenvalue weighted by atomic mass is 9.81. The van der Waals surface area contributed by atoms with Gasteiger partial charge in [0, 0.05) is 11.8 Å². The van der Waals surface area contributed by atoms with E-state index in [4.69, 9.17) is 9.47 Å². The number of ether oxygens (including phenoxy) is 2. The fraction of sp³-hybridized carbons (Fsp3) is 1.00. The summed E-state index contributed by atoms with van der Waals surface area (Å²) in [6.45, 7) is 8.23. The van der Waals surface area contributed by atoms with Crippen LogP contribution in [0, 0.1) is 23.7 Å². The zero-order valence-electron chi connectivity index (χ0n) is 14.7. The van der Waals surface area contributed by atoms with Gasteiger partial charge in [-0.2, -0.15) is 0 Å². The van der Waals surface area contributed by atoms with Crippen molar-refractivity contribution in [3.8, 4) is 0 Å². The van der Waals surface area contributed by atoms with Crippen LogP contribution in [0.15, 0.2) is 0 Å². The van der Waals surface area contributed by atoms with Crippen molar-refractivity contribution in [3.05, 3.63) is 0 Å². The maximum atomic E-state index is 13.9. The molecule has 1 heterocycles. The SMILES string of the molecule is CCCC(C)CCCC1COC(C2CCC(C)C(F)C2)OC1. The average molecular weight is 314 g/mol. The van der Waals surface area contributed by atoms with E-state index in [1.54, 1.807) is 0 Å². The molecule has 4 atom stereocenters. The van der Waals surface area contributed by atoms with Crippen LogP contribution < -0.4 is 0 Å². The predicted octanol–water partition coefficient (Wildman–Crippen LogP) is 5.36. The number of hydrogen-bond acceptors (Lipinski definition) is 2. The van der Waals surface area contributed by atoms with Gasteiger partial charge < -0.3 is 9.47 Å². The zero-order valence-corrected chi connectivity index (χ0v) is 14.7. The van der Waals surface area contributed by atoms with Gasteiger partial charge in [-0.15, -0.1) is 0 Å². The van der Waals surface area contributed by atoms with E-state index in [1.165, 1.54) is 32.1 Å². The van der Waals surface area contributed by atoms with Crippen LogP contribution in [0.3, 0.4) is 0 Å². The van der Waals surface area contributed by atoms with E-state index in [-0.39, 0.29) is 18.1 Å². The summed E-state index contributed by atoms with van der Waals surface area (Å²) in [5.41, 5.74) is 0. The second-order valence-electron chi connectivity index (χ2n) is 7.79. The first-order chi connectivity index (χ1) is 10.6. The summed E-state index contributed by atoms with van der Waals surface area (Å²) in [6.07, 6.45) is 8.22. The fourth-order valence-corrected chi connectivity index (χ4v) is 3.93. The number of halogens is 1. The quantitative estimate of drug-likeness (QED) is 0.630. The van der Waals surface area contributed by atoms with E-state index in [9.17, 15) is 4.39 Å². The van der Waals surface area contributed by atoms with Gasteiger partial charge in [0.2, 0.25) is 0 Å². The number of rotatable bonds is 7. The highest BCUT2D eigenvalue weighted by atomic mass is 19.1. The van der Waals surface area contributed by atoms with Crippen molar-refractivity contribution < 1.29 is 13.9 Å². The highest BCUT2D eigenvalue weighted by molar-refractivity contribution is 4.81. The van der Waals surface area contributed by atoms with Crippen molar-refractivity contribution in [2.75, 3.05) is 13.2 Å². The van der Waals surface area contributed by atoms with Crippen LogP contribution in [0.2, 0.25) is 0 Å². The standard InChI is InChI=1S/C19H35FO2/c1-4-6-14(2)7-5-8-16-12-21-19(22-13-16)17-10-9-15(3)18(20)11-17/h14-19H,4-13H2,1-3H3. The normalized spacial score (nSPS) is 37.9. The molecule has 2 nitrogen and oxygen atoms in total. The van der Waals surface area contributed by atoms with Crippen LogP contribution in [0.5, 0.6) is 0 Å². The minimum absolute atomic E-state index is 0.152. The third-order valence-corrected chi connectivity index (χ3v) is 5.61. The Morgan fingerprint density at radius 1 is 1.14 bits per heavy atom. The van der Waals surface area contributed by atoms with E-state index >= 15 is 0 Å². The lowest BCUT2D eigenvalue weighted by molar-refractivity contribution is -0.232. The third-order valence-electron chi connectivity index (χ3n) is 5.61. The third kappa shape index (κ3) is 5.49. The topological polar surface area (TPSA) is 18.5 Å². The van der Waals surface area contributed by atoms with Gasteiger partial charge in [0.15, 0.2) is 6.29 Å². The van der Waals surface area contributed by atoms with Crippen LogP contribution in [0.25, 0.3) is 0 Å². The highest BCUT2D eigenvalue weighted by Gasteiger charge is 2.35. The molecule has 1 saturated carbocycles. The molecule has 0 radical (unpaired) electrons. The van der Waals surface area contributed by atoms with E-state index in [2.05, 4.69) is 13.8 Å². The monoisotopic (exact) mass is 314 g/mol. The molecule has 4 unspecified atom stereocenters. The minimum Gasteiger partial charge on any atom is -0.352 e. The van der Waals surface area contributed by atoms with E-state index in [0.29, 0.717) is 12.3 Å². The Kier molecular flexibility index (Phi) is 7.62. The van der Waals surface area contributed by atoms with E-state index in [1.807, 2.05) is 6.92 Å². The summed E-state index contributed by atoms with van der Waals surface area (Å²) in [7, 11) is 0.